The Kier molecular flexibility index (Phi) is 6.35. The number of allylic oxidation sites excluding steroid dienone is 4. The Morgan fingerprint density at radius 1 is 0.909 bits per heavy atom. The first kappa shape index (κ1) is 25.5. The molecular weight excluding hydrogens is 404 g/mol. The summed E-state index contributed by atoms with van der Waals surface area (Å²) in [5.74, 6) is 2.53. The molecule has 0 radical (unpaired) electrons. The second-order valence-electron chi connectivity index (χ2n) is 14.4. The van der Waals surface area contributed by atoms with E-state index >= 15 is 0 Å². The smallest absolute Gasteiger partial charge is 0.0594 e. The highest BCUT2D eigenvalue weighted by Gasteiger charge is 2.71. The molecule has 2 N–H and O–H groups in total. The van der Waals surface area contributed by atoms with E-state index in [9.17, 15) is 10.2 Å². The minimum absolute atomic E-state index is 0.0566. The van der Waals surface area contributed by atoms with Gasteiger partial charge in [0.25, 0.3) is 0 Å². The molecule has 4 fully saturated rings. The van der Waals surface area contributed by atoms with Crippen LogP contribution in [-0.2, 0) is 0 Å². The number of hydrogen-bond donors (Lipinski definition) is 2. The molecule has 0 saturated heterocycles. The molecule has 4 aliphatic carbocycles. The van der Waals surface area contributed by atoms with Crippen molar-refractivity contribution in [2.75, 3.05) is 0 Å². The molecule has 33 heavy (non-hydrogen) atoms. The lowest BCUT2D eigenvalue weighted by molar-refractivity contribution is -0.256. The summed E-state index contributed by atoms with van der Waals surface area (Å²) in [7, 11) is 0. The van der Waals surface area contributed by atoms with Crippen molar-refractivity contribution in [3.8, 4) is 0 Å². The molecule has 4 rings (SSSR count). The topological polar surface area (TPSA) is 40.5 Å². The summed E-state index contributed by atoms with van der Waals surface area (Å²) in [5.41, 5.74) is 3.43. The van der Waals surface area contributed by atoms with Gasteiger partial charge in [-0.25, -0.2) is 0 Å². The maximum absolute atomic E-state index is 11.8. The van der Waals surface area contributed by atoms with E-state index in [1.54, 1.807) is 0 Å². The minimum Gasteiger partial charge on any atom is -0.393 e. The third kappa shape index (κ3) is 3.55. The molecule has 0 amide bonds. The van der Waals surface area contributed by atoms with E-state index in [4.69, 9.17) is 0 Å². The number of aliphatic hydroxyl groups excluding tert-OH is 2. The molecule has 0 bridgehead atoms. The van der Waals surface area contributed by atoms with Gasteiger partial charge in [-0.2, -0.15) is 0 Å². The number of rotatable bonds is 3. The molecule has 10 atom stereocenters. The molecule has 4 aliphatic rings. The quantitative estimate of drug-likeness (QED) is 0.430. The van der Waals surface area contributed by atoms with Gasteiger partial charge < -0.3 is 10.2 Å². The second kappa shape index (κ2) is 8.22. The molecule has 0 aromatic carbocycles. The van der Waals surface area contributed by atoms with Crippen LogP contribution in [0.3, 0.4) is 0 Å². The summed E-state index contributed by atoms with van der Waals surface area (Å²) in [6, 6.07) is 0. The van der Waals surface area contributed by atoms with Crippen molar-refractivity contribution in [1.82, 2.24) is 0 Å². The molecule has 4 saturated carbocycles. The van der Waals surface area contributed by atoms with Gasteiger partial charge in [-0.15, -0.1) is 0 Å². The first-order valence-corrected chi connectivity index (χ1v) is 13.9. The lowest BCUT2D eigenvalue weighted by Gasteiger charge is -2.72. The Labute approximate surface area is 204 Å². The summed E-state index contributed by atoms with van der Waals surface area (Å²) in [6.07, 6.45) is 12.0. The molecule has 0 spiro atoms. The fraction of sp³-hybridized carbons (Fsp3) is 0.871. The van der Waals surface area contributed by atoms with E-state index in [0.29, 0.717) is 29.6 Å². The van der Waals surface area contributed by atoms with E-state index in [1.165, 1.54) is 30.4 Å². The monoisotopic (exact) mass is 456 g/mol. The van der Waals surface area contributed by atoms with Gasteiger partial charge >= 0.3 is 0 Å². The van der Waals surface area contributed by atoms with Crippen LogP contribution in [0.5, 0.6) is 0 Å². The molecule has 0 aliphatic heterocycles. The summed E-state index contributed by atoms with van der Waals surface area (Å²) in [4.78, 5) is 0. The number of aliphatic hydroxyl groups is 2. The molecule has 188 valence electrons. The first-order valence-electron chi connectivity index (χ1n) is 13.9. The van der Waals surface area contributed by atoms with Crippen LogP contribution in [0, 0.1) is 51.2 Å². The van der Waals surface area contributed by atoms with Crippen LogP contribution in [0.1, 0.15) is 107 Å². The molecule has 0 aromatic rings. The van der Waals surface area contributed by atoms with E-state index < -0.39 is 0 Å². The van der Waals surface area contributed by atoms with Crippen molar-refractivity contribution in [3.05, 3.63) is 23.3 Å². The summed E-state index contributed by atoms with van der Waals surface area (Å²) < 4.78 is 0. The summed E-state index contributed by atoms with van der Waals surface area (Å²) in [5, 5.41) is 22.8. The third-order valence-electron chi connectivity index (χ3n) is 12.1. The molecule has 2 nitrogen and oxygen atoms in total. The van der Waals surface area contributed by atoms with Crippen LogP contribution in [0.15, 0.2) is 23.3 Å². The van der Waals surface area contributed by atoms with Crippen molar-refractivity contribution in [3.63, 3.8) is 0 Å². The number of hydrogen-bond acceptors (Lipinski definition) is 2. The van der Waals surface area contributed by atoms with Crippen LogP contribution >= 0.6 is 0 Å². The molecule has 2 heteroatoms. The zero-order valence-electron chi connectivity index (χ0n) is 23.0. The lowest BCUT2D eigenvalue weighted by Crippen LogP contribution is -2.67. The zero-order valence-corrected chi connectivity index (χ0v) is 23.0. The Bertz CT molecular complexity index is 819. The van der Waals surface area contributed by atoms with Crippen molar-refractivity contribution >= 4 is 0 Å². The van der Waals surface area contributed by atoms with Gasteiger partial charge in [0.15, 0.2) is 0 Å². The normalized spacial score (nSPS) is 51.4. The zero-order chi connectivity index (χ0) is 24.6. The summed E-state index contributed by atoms with van der Waals surface area (Å²) in [6.45, 7) is 21.5. The third-order valence-corrected chi connectivity index (χ3v) is 12.1. The molecule has 0 aromatic heterocycles. The highest BCUT2D eigenvalue weighted by Crippen LogP contribution is 2.76. The van der Waals surface area contributed by atoms with Gasteiger partial charge in [-0.05, 0) is 117 Å². The number of fused-ring (bicyclic) bond motifs is 5. The predicted molar refractivity (Wildman–Crippen MR) is 139 cm³/mol. The second-order valence-corrected chi connectivity index (χ2v) is 14.4. The van der Waals surface area contributed by atoms with Crippen LogP contribution in [-0.4, -0.2) is 22.4 Å². The van der Waals surface area contributed by atoms with Crippen molar-refractivity contribution in [2.45, 2.75) is 119 Å². The van der Waals surface area contributed by atoms with Crippen molar-refractivity contribution < 1.29 is 10.2 Å². The minimum atomic E-state index is -0.215. The van der Waals surface area contributed by atoms with Gasteiger partial charge in [0.2, 0.25) is 0 Å². The van der Waals surface area contributed by atoms with E-state index in [-0.39, 0.29) is 33.9 Å². The van der Waals surface area contributed by atoms with E-state index in [0.717, 1.165) is 25.7 Å². The van der Waals surface area contributed by atoms with Gasteiger partial charge in [-0.3, -0.25) is 0 Å². The molecular formula is C31H52O2. The molecule has 0 heterocycles. The van der Waals surface area contributed by atoms with Crippen molar-refractivity contribution in [1.29, 1.82) is 0 Å². The van der Waals surface area contributed by atoms with Gasteiger partial charge in [0, 0.05) is 0 Å². The van der Waals surface area contributed by atoms with E-state index in [1.807, 2.05) is 0 Å². The van der Waals surface area contributed by atoms with Crippen LogP contribution in [0.25, 0.3) is 0 Å². The van der Waals surface area contributed by atoms with E-state index in [2.05, 4.69) is 74.5 Å². The van der Waals surface area contributed by atoms with Crippen LogP contribution in [0.2, 0.25) is 0 Å². The maximum Gasteiger partial charge on any atom is 0.0594 e. The Morgan fingerprint density at radius 2 is 1.58 bits per heavy atom. The average molecular weight is 457 g/mol. The fourth-order valence-electron chi connectivity index (χ4n) is 10.8. The summed E-state index contributed by atoms with van der Waals surface area (Å²) >= 11 is 0. The standard InChI is InChI=1S/C31H52O2/c1-19(2)11-10-12-20(3)22-13-16-30(8)26(22)23(32)17-24-29(7)15-14-25(33)28(5,6)27(29)21(4)18-31(24,30)9/h11-12,21-27,32-33H,10,13-18H2,1-9H3/b20-12-/t21-,22?,23-,24?,25+,26?,27?,29-,30-,31-/m1/s1. The highest BCUT2D eigenvalue weighted by atomic mass is 16.3. The predicted octanol–water partition coefficient (Wildman–Crippen LogP) is 7.55. The fourth-order valence-corrected chi connectivity index (χ4v) is 10.8. The lowest BCUT2D eigenvalue weighted by atomic mass is 9.33. The maximum atomic E-state index is 11.8. The Balaban J connectivity index is 1.71. The Morgan fingerprint density at radius 3 is 2.21 bits per heavy atom. The van der Waals surface area contributed by atoms with Gasteiger partial charge in [0.05, 0.1) is 12.2 Å². The van der Waals surface area contributed by atoms with Crippen molar-refractivity contribution in [2.24, 2.45) is 51.2 Å². The Hall–Kier alpha value is -0.600. The van der Waals surface area contributed by atoms with Crippen LogP contribution in [0.4, 0.5) is 0 Å². The SMILES string of the molecule is CC(C)=CC/C=C(/C)C1CC[C@]2(C)C1[C@H](O)CC1[C@@]3(C)CC[C@H](O)C(C)(C)C3[C@H](C)C[C@]12C. The van der Waals surface area contributed by atoms with Gasteiger partial charge in [-0.1, -0.05) is 64.8 Å². The van der Waals surface area contributed by atoms with Crippen LogP contribution < -0.4 is 0 Å². The largest absolute Gasteiger partial charge is 0.393 e. The first-order chi connectivity index (χ1) is 15.2. The van der Waals surface area contributed by atoms with Gasteiger partial charge in [0.1, 0.15) is 0 Å². The highest BCUT2D eigenvalue weighted by molar-refractivity contribution is 5.23. The average Bonchev–Trinajstić information content (AvgIpc) is 3.07. The molecule has 4 unspecified atom stereocenters.